The van der Waals surface area contributed by atoms with Gasteiger partial charge in [-0.05, 0) is 67.8 Å². The van der Waals surface area contributed by atoms with Gasteiger partial charge < -0.3 is 4.74 Å². The number of hydrogen-bond acceptors (Lipinski definition) is 5. The number of rotatable bonds is 5. The van der Waals surface area contributed by atoms with Crippen molar-refractivity contribution in [3.05, 3.63) is 80.5 Å². The summed E-state index contributed by atoms with van der Waals surface area (Å²) in [6.45, 7) is 5.34. The minimum atomic E-state index is -0.370. The molecule has 31 heavy (non-hydrogen) atoms. The van der Waals surface area contributed by atoms with Gasteiger partial charge in [0.25, 0.3) is 5.56 Å². The van der Waals surface area contributed by atoms with E-state index in [2.05, 4.69) is 4.98 Å². The van der Waals surface area contributed by atoms with Crippen LogP contribution in [0.2, 0.25) is 0 Å². The minimum absolute atomic E-state index is 0.164. The molecule has 0 amide bonds. The number of Topliss-reactive ketones (excluding diaryl/α,β-unsaturated/α-hetero) is 1. The van der Waals surface area contributed by atoms with Crippen molar-refractivity contribution >= 4 is 27.3 Å². The average Bonchev–Trinajstić information content (AvgIpc) is 3.08. The second-order valence-corrected chi connectivity index (χ2v) is 8.67. The number of fused-ring (bicyclic) bond motifs is 1. The summed E-state index contributed by atoms with van der Waals surface area (Å²) in [7, 11) is 1.62. The van der Waals surface area contributed by atoms with Gasteiger partial charge in [0.1, 0.15) is 16.4 Å². The summed E-state index contributed by atoms with van der Waals surface area (Å²) in [5.74, 6) is 0.127. The molecule has 0 aliphatic carbocycles. The molecule has 0 atom stereocenters. The highest BCUT2D eigenvalue weighted by Crippen LogP contribution is 2.37. The second-order valence-electron chi connectivity index (χ2n) is 7.46. The van der Waals surface area contributed by atoms with Crippen molar-refractivity contribution in [3.8, 4) is 16.9 Å². The van der Waals surface area contributed by atoms with Crippen molar-refractivity contribution < 1.29 is 13.9 Å². The van der Waals surface area contributed by atoms with E-state index in [1.54, 1.807) is 14.0 Å². The molecule has 7 heteroatoms. The van der Waals surface area contributed by atoms with E-state index in [0.717, 1.165) is 27.3 Å². The van der Waals surface area contributed by atoms with E-state index in [4.69, 9.17) is 4.74 Å². The summed E-state index contributed by atoms with van der Waals surface area (Å²) in [5, 5.41) is 0.498. The quantitative estimate of drug-likeness (QED) is 0.409. The molecule has 2 aromatic carbocycles. The second kappa shape index (κ2) is 8.07. The predicted molar refractivity (Wildman–Crippen MR) is 121 cm³/mol. The summed E-state index contributed by atoms with van der Waals surface area (Å²) >= 11 is 1.45. The van der Waals surface area contributed by atoms with Crippen molar-refractivity contribution in [2.45, 2.75) is 27.3 Å². The Balaban J connectivity index is 1.79. The number of ketones is 1. The lowest BCUT2D eigenvalue weighted by Crippen LogP contribution is -2.24. The van der Waals surface area contributed by atoms with Crippen LogP contribution in [0.15, 0.2) is 47.5 Å². The maximum Gasteiger partial charge on any atom is 0.263 e. The fraction of sp³-hybridized carbons (Fsp3) is 0.208. The summed E-state index contributed by atoms with van der Waals surface area (Å²) in [5.41, 5.74) is 3.16. The Bertz CT molecular complexity index is 1390. The molecule has 2 heterocycles. The lowest BCUT2D eigenvalue weighted by atomic mass is 10.0. The van der Waals surface area contributed by atoms with Gasteiger partial charge >= 0.3 is 0 Å². The van der Waals surface area contributed by atoms with E-state index in [0.29, 0.717) is 21.3 Å². The Morgan fingerprint density at radius 1 is 1.13 bits per heavy atom. The van der Waals surface area contributed by atoms with E-state index >= 15 is 0 Å². The van der Waals surface area contributed by atoms with E-state index in [9.17, 15) is 14.0 Å². The standard InChI is InChI=1S/C24H21FN2O3S/c1-13-9-16(5-7-18(13)25)19(28)11-27-12-26-23-22(24(27)29)21(15(3)31-23)17-6-8-20(30-4)14(2)10-17/h5-10,12H,11H2,1-4H3. The molecule has 0 fully saturated rings. The van der Waals surface area contributed by atoms with Crippen molar-refractivity contribution in [2.75, 3.05) is 7.11 Å². The van der Waals surface area contributed by atoms with Crippen LogP contribution in [-0.4, -0.2) is 22.4 Å². The molecule has 4 rings (SSSR count). The van der Waals surface area contributed by atoms with Gasteiger partial charge in [0.2, 0.25) is 0 Å². The molecule has 5 nitrogen and oxygen atoms in total. The van der Waals surface area contributed by atoms with Crippen LogP contribution in [0.1, 0.15) is 26.4 Å². The first kappa shape index (κ1) is 20.9. The van der Waals surface area contributed by atoms with Crippen molar-refractivity contribution in [1.29, 1.82) is 0 Å². The Morgan fingerprint density at radius 3 is 2.58 bits per heavy atom. The van der Waals surface area contributed by atoms with Gasteiger partial charge in [-0.15, -0.1) is 11.3 Å². The molecule has 0 unspecified atom stereocenters. The number of aryl methyl sites for hydroxylation is 3. The van der Waals surface area contributed by atoms with Crippen LogP contribution in [0, 0.1) is 26.6 Å². The number of methoxy groups -OCH3 is 1. The third-order valence-electron chi connectivity index (χ3n) is 5.33. The predicted octanol–water partition coefficient (Wildman–Crippen LogP) is 5.08. The van der Waals surface area contributed by atoms with Gasteiger partial charge in [-0.25, -0.2) is 9.37 Å². The first-order valence-corrected chi connectivity index (χ1v) is 10.5. The van der Waals surface area contributed by atoms with Crippen LogP contribution in [0.5, 0.6) is 5.75 Å². The fourth-order valence-electron chi connectivity index (χ4n) is 3.70. The topological polar surface area (TPSA) is 61.2 Å². The first-order chi connectivity index (χ1) is 14.8. The molecular formula is C24H21FN2O3S. The van der Waals surface area contributed by atoms with Crippen LogP contribution in [0.4, 0.5) is 4.39 Å². The number of aromatic nitrogens is 2. The lowest BCUT2D eigenvalue weighted by Gasteiger charge is -2.09. The zero-order valence-electron chi connectivity index (χ0n) is 17.7. The summed E-state index contributed by atoms with van der Waals surface area (Å²) < 4.78 is 20.2. The summed E-state index contributed by atoms with van der Waals surface area (Å²) in [6, 6.07) is 9.97. The number of thiophene rings is 1. The normalized spacial score (nSPS) is 11.1. The molecule has 0 N–H and O–H groups in total. The highest BCUT2D eigenvalue weighted by molar-refractivity contribution is 7.19. The largest absolute Gasteiger partial charge is 0.496 e. The van der Waals surface area contributed by atoms with Crippen molar-refractivity contribution in [1.82, 2.24) is 9.55 Å². The zero-order valence-corrected chi connectivity index (χ0v) is 18.5. The van der Waals surface area contributed by atoms with Gasteiger partial charge in [0.05, 0.1) is 25.4 Å². The first-order valence-electron chi connectivity index (χ1n) is 9.73. The maximum absolute atomic E-state index is 13.5. The number of ether oxygens (including phenoxy) is 1. The monoisotopic (exact) mass is 436 g/mol. The van der Waals surface area contributed by atoms with Crippen LogP contribution in [0.3, 0.4) is 0 Å². The lowest BCUT2D eigenvalue weighted by molar-refractivity contribution is 0.0970. The van der Waals surface area contributed by atoms with E-state index in [1.165, 1.54) is 40.4 Å². The van der Waals surface area contributed by atoms with E-state index in [-0.39, 0.29) is 23.7 Å². The number of hydrogen-bond donors (Lipinski definition) is 0. The van der Waals surface area contributed by atoms with Crippen LogP contribution >= 0.6 is 11.3 Å². The van der Waals surface area contributed by atoms with Gasteiger partial charge in [-0.3, -0.25) is 14.2 Å². The molecule has 0 spiro atoms. The molecule has 0 aliphatic heterocycles. The molecule has 0 radical (unpaired) electrons. The number of halogens is 1. The number of carbonyl (C=O) groups is 1. The van der Waals surface area contributed by atoms with Gasteiger partial charge in [0, 0.05) is 16.0 Å². The van der Waals surface area contributed by atoms with Crippen LogP contribution < -0.4 is 10.3 Å². The molecule has 0 bridgehead atoms. The molecule has 0 saturated carbocycles. The molecule has 0 aliphatic rings. The van der Waals surface area contributed by atoms with Gasteiger partial charge in [-0.2, -0.15) is 0 Å². The third-order valence-corrected chi connectivity index (χ3v) is 6.35. The fourth-order valence-corrected chi connectivity index (χ4v) is 4.70. The number of nitrogens with zero attached hydrogens (tertiary/aromatic N) is 2. The van der Waals surface area contributed by atoms with Crippen molar-refractivity contribution in [2.24, 2.45) is 0 Å². The Kier molecular flexibility index (Phi) is 5.45. The molecule has 158 valence electrons. The van der Waals surface area contributed by atoms with Gasteiger partial charge in [-0.1, -0.05) is 6.07 Å². The highest BCUT2D eigenvalue weighted by atomic mass is 32.1. The Hall–Kier alpha value is -3.32. The SMILES string of the molecule is COc1ccc(-c2c(C)sc3ncn(CC(=O)c4ccc(F)c(C)c4)c(=O)c23)cc1C. The average molecular weight is 437 g/mol. The van der Waals surface area contributed by atoms with Gasteiger partial charge in [0.15, 0.2) is 5.78 Å². The Morgan fingerprint density at radius 2 is 1.90 bits per heavy atom. The van der Waals surface area contributed by atoms with Crippen LogP contribution in [0.25, 0.3) is 21.3 Å². The number of benzene rings is 2. The number of carbonyl (C=O) groups excluding carboxylic acids is 1. The molecule has 4 aromatic rings. The minimum Gasteiger partial charge on any atom is -0.496 e. The molecule has 0 saturated heterocycles. The smallest absolute Gasteiger partial charge is 0.263 e. The maximum atomic E-state index is 13.5. The third kappa shape index (κ3) is 3.77. The highest BCUT2D eigenvalue weighted by Gasteiger charge is 2.19. The zero-order chi connectivity index (χ0) is 22.3. The molecular weight excluding hydrogens is 415 g/mol. The van der Waals surface area contributed by atoms with E-state index < -0.39 is 0 Å². The summed E-state index contributed by atoms with van der Waals surface area (Å²) in [6.07, 6.45) is 1.40. The van der Waals surface area contributed by atoms with E-state index in [1.807, 2.05) is 32.0 Å². The van der Waals surface area contributed by atoms with Crippen LogP contribution in [-0.2, 0) is 6.54 Å². The van der Waals surface area contributed by atoms with Crippen molar-refractivity contribution in [3.63, 3.8) is 0 Å². The summed E-state index contributed by atoms with van der Waals surface area (Å²) in [4.78, 5) is 32.1. The Labute approximate surface area is 182 Å². The molecule has 2 aromatic heterocycles.